The molecule has 1 aromatic heterocycles. The molecular weight excluding hydrogens is 588 g/mol. The average molecular weight is 638 g/mol. The summed E-state index contributed by atoms with van der Waals surface area (Å²) < 4.78 is 58.5. The fraction of sp³-hybridized carbons (Fsp3) is 0.808. The van der Waals surface area contributed by atoms with Crippen molar-refractivity contribution in [1.29, 1.82) is 0 Å². The Morgan fingerprint density at radius 3 is 2.50 bits per heavy atom. The van der Waals surface area contributed by atoms with Gasteiger partial charge in [-0.1, -0.05) is 40.3 Å². The zero-order valence-electron chi connectivity index (χ0n) is 24.1. The first kappa shape index (κ1) is 36.0. The van der Waals surface area contributed by atoms with E-state index in [2.05, 4.69) is 67.0 Å². The van der Waals surface area contributed by atoms with Gasteiger partial charge < -0.3 is 23.0 Å². The van der Waals surface area contributed by atoms with E-state index in [1.54, 1.807) is 0 Å². The van der Waals surface area contributed by atoms with E-state index in [-0.39, 0.29) is 61.4 Å². The van der Waals surface area contributed by atoms with E-state index in [1.807, 2.05) is 0 Å². The molecule has 0 saturated carbocycles. The van der Waals surface area contributed by atoms with E-state index in [0.29, 0.717) is 25.1 Å². The van der Waals surface area contributed by atoms with Gasteiger partial charge in [-0.05, 0) is 43.8 Å². The third kappa shape index (κ3) is 11.4. The van der Waals surface area contributed by atoms with Crippen molar-refractivity contribution in [2.45, 2.75) is 122 Å². The number of rotatable bonds is 12. The molecule has 0 aromatic carbocycles. The lowest BCUT2D eigenvalue weighted by Gasteiger charge is -2.44. The Labute approximate surface area is 250 Å². The second kappa shape index (κ2) is 15.0. The first-order valence-electron chi connectivity index (χ1n) is 13.5. The van der Waals surface area contributed by atoms with E-state index >= 15 is 0 Å². The van der Waals surface area contributed by atoms with Crippen molar-refractivity contribution in [1.82, 2.24) is 4.98 Å². The van der Waals surface area contributed by atoms with E-state index in [0.717, 1.165) is 31.9 Å². The van der Waals surface area contributed by atoms with Gasteiger partial charge in [0, 0.05) is 19.4 Å². The summed E-state index contributed by atoms with van der Waals surface area (Å²) >= 11 is 4.25. The van der Waals surface area contributed by atoms with Gasteiger partial charge in [-0.2, -0.15) is 20.9 Å². The first-order valence-corrected chi connectivity index (χ1v) is 19.4. The number of hydrogen-bond donors (Lipinski definition) is 1. The van der Waals surface area contributed by atoms with Crippen LogP contribution in [0.5, 0.6) is 0 Å². The summed E-state index contributed by atoms with van der Waals surface area (Å²) in [5.74, 6) is 0.00176. The minimum absolute atomic E-state index is 0. The smallest absolute Gasteiger partial charge is 0.380 e. The van der Waals surface area contributed by atoms with Crippen LogP contribution in [0.2, 0.25) is 18.1 Å². The maximum absolute atomic E-state index is 11.4. The molecule has 40 heavy (non-hydrogen) atoms. The van der Waals surface area contributed by atoms with Crippen molar-refractivity contribution in [3.05, 3.63) is 30.0 Å². The quantitative estimate of drug-likeness (QED) is 0.0959. The molecule has 14 heteroatoms. The molecule has 0 aliphatic carbocycles. The van der Waals surface area contributed by atoms with E-state index in [4.69, 9.17) is 27.2 Å². The third-order valence-electron chi connectivity index (χ3n) is 7.59. The fourth-order valence-electron chi connectivity index (χ4n) is 4.72. The molecule has 0 bridgehead atoms. The fourth-order valence-corrected chi connectivity index (χ4v) is 6.65. The van der Waals surface area contributed by atoms with Crippen LogP contribution in [0.15, 0.2) is 22.8 Å². The SMILES string of the molecule is C.C=C1C[C@H](C[C@@H]2C[C@@H](O[Si](C)(C)C(C)(C)C)C[C@H](c3coc(COS(C)(=O)=O)n3)O2)O[C@@H](CCOB(P)S)C1. The molecule has 1 unspecified atom stereocenters. The molecule has 0 amide bonds. The summed E-state index contributed by atoms with van der Waals surface area (Å²) in [4.78, 5) is 4.48. The third-order valence-corrected chi connectivity index (χ3v) is 13.0. The Bertz CT molecular complexity index is 1070. The topological polar surface area (TPSA) is 106 Å². The van der Waals surface area contributed by atoms with E-state index < -0.39 is 18.4 Å². The van der Waals surface area contributed by atoms with Gasteiger partial charge in [-0.25, -0.2) is 4.98 Å². The monoisotopic (exact) mass is 637 g/mol. The van der Waals surface area contributed by atoms with Gasteiger partial charge >= 0.3 is 5.91 Å². The van der Waals surface area contributed by atoms with Crippen LogP contribution < -0.4 is 0 Å². The van der Waals surface area contributed by atoms with E-state index in [1.165, 1.54) is 11.8 Å². The number of thiol groups is 1. The lowest BCUT2D eigenvalue weighted by molar-refractivity contribution is -0.126. The molecule has 2 fully saturated rings. The second-order valence-electron chi connectivity index (χ2n) is 12.2. The maximum Gasteiger partial charge on any atom is 0.380 e. The zero-order chi connectivity index (χ0) is 29.0. The predicted molar refractivity (Wildman–Crippen MR) is 168 cm³/mol. The molecule has 230 valence electrons. The van der Waals surface area contributed by atoms with Gasteiger partial charge in [0.15, 0.2) is 8.32 Å². The molecule has 0 spiro atoms. The Morgan fingerprint density at radius 1 is 1.20 bits per heavy atom. The summed E-state index contributed by atoms with van der Waals surface area (Å²) in [5.41, 5.74) is 1.79. The summed E-state index contributed by atoms with van der Waals surface area (Å²) in [7, 11) is -3.12. The lowest BCUT2D eigenvalue weighted by atomic mass is 9.91. The van der Waals surface area contributed by atoms with Crippen molar-refractivity contribution in [3.63, 3.8) is 0 Å². The summed E-state index contributed by atoms with van der Waals surface area (Å²) in [6, 6.07) is 0. The van der Waals surface area contributed by atoms with Crippen molar-refractivity contribution < 1.29 is 35.6 Å². The molecule has 0 radical (unpaired) electrons. The lowest BCUT2D eigenvalue weighted by Crippen LogP contribution is -2.47. The standard InChI is InChI=1S/C25H45BNO8PS2Si.CH4/c1-17-10-18(8-9-31-26(36)37)33-19(11-17)12-20-13-21(35-39(6,7)25(2,3)4)14-23(34-20)22-15-30-24(27-22)16-32-38(5,28)29;/h15,18-21,23,37H,1,8-14,16,36H2,2-7H3;1H4/t18-,19+,20+,21+,23+;/m0./s1. The molecular formula is C26H49BNO8PS2Si. The van der Waals surface area contributed by atoms with Crippen LogP contribution in [0.3, 0.4) is 0 Å². The molecule has 9 nitrogen and oxygen atoms in total. The molecule has 2 saturated heterocycles. The number of nitrogens with zero attached hydrogens (tertiary/aromatic N) is 1. The molecule has 2 aliphatic rings. The first-order chi connectivity index (χ1) is 18.0. The molecule has 2 aliphatic heterocycles. The van der Waals surface area contributed by atoms with Crippen LogP contribution in [-0.2, 0) is 39.5 Å². The Kier molecular flexibility index (Phi) is 13.5. The highest BCUT2D eigenvalue weighted by Crippen LogP contribution is 2.42. The summed E-state index contributed by atoms with van der Waals surface area (Å²) in [6.45, 7) is 15.8. The highest BCUT2D eigenvalue weighted by Gasteiger charge is 2.43. The second-order valence-corrected chi connectivity index (χ2v) is 20.3. The molecule has 6 atom stereocenters. The van der Waals surface area contributed by atoms with Crippen molar-refractivity contribution >= 4 is 45.9 Å². The molecule has 3 rings (SSSR count). The van der Waals surface area contributed by atoms with Crippen LogP contribution in [0.25, 0.3) is 0 Å². The number of hydrogen-bond acceptors (Lipinski definition) is 10. The van der Waals surface area contributed by atoms with Crippen LogP contribution in [0.1, 0.15) is 84.4 Å². The van der Waals surface area contributed by atoms with Crippen LogP contribution in [0, 0.1) is 0 Å². The number of aromatic nitrogens is 1. The summed E-state index contributed by atoms with van der Waals surface area (Å²) in [5, 5.41) is 0.0723. The van der Waals surface area contributed by atoms with Crippen molar-refractivity contribution in [3.8, 4) is 0 Å². The van der Waals surface area contributed by atoms with Gasteiger partial charge in [0.2, 0.25) is 5.89 Å². The minimum Gasteiger partial charge on any atom is -0.446 e. The van der Waals surface area contributed by atoms with Gasteiger partial charge in [-0.15, -0.1) is 9.12 Å². The van der Waals surface area contributed by atoms with Crippen molar-refractivity contribution in [2.75, 3.05) is 12.9 Å². The molecule has 0 N–H and O–H groups in total. The highest BCUT2D eigenvalue weighted by atomic mass is 32.2. The normalized spacial score (nSPS) is 26.4. The van der Waals surface area contributed by atoms with Crippen LogP contribution >= 0.6 is 21.6 Å². The van der Waals surface area contributed by atoms with Crippen LogP contribution in [0.4, 0.5) is 0 Å². The van der Waals surface area contributed by atoms with Gasteiger partial charge in [0.25, 0.3) is 10.1 Å². The Balaban J connectivity index is 0.00000560. The van der Waals surface area contributed by atoms with Crippen molar-refractivity contribution in [2.24, 2.45) is 0 Å². The summed E-state index contributed by atoms with van der Waals surface area (Å²) in [6.07, 6.45) is 6.63. The predicted octanol–water partition coefficient (Wildman–Crippen LogP) is 6.09. The van der Waals surface area contributed by atoms with Crippen LogP contribution in [-0.4, -0.2) is 64.9 Å². The largest absolute Gasteiger partial charge is 0.446 e. The van der Waals surface area contributed by atoms with E-state index in [9.17, 15) is 8.42 Å². The maximum atomic E-state index is 11.4. The Morgan fingerprint density at radius 2 is 1.88 bits per heavy atom. The Hall–Kier alpha value is -0.238. The zero-order valence-corrected chi connectivity index (χ0v) is 27.9. The molecule has 3 heterocycles. The van der Waals surface area contributed by atoms with Gasteiger partial charge in [-0.3, -0.25) is 4.18 Å². The number of ether oxygens (including phenoxy) is 2. The van der Waals surface area contributed by atoms with Gasteiger partial charge in [0.1, 0.15) is 24.7 Å². The minimum atomic E-state index is -3.61. The van der Waals surface area contributed by atoms with Gasteiger partial charge in [0.05, 0.1) is 30.7 Å². The number of oxazole rings is 1. The highest BCUT2D eigenvalue weighted by molar-refractivity contribution is 8.23. The molecule has 1 aromatic rings. The average Bonchev–Trinajstić information content (AvgIpc) is 3.25.